The van der Waals surface area contributed by atoms with Crippen LogP contribution in [0.25, 0.3) is 0 Å². The van der Waals surface area contributed by atoms with Crippen molar-refractivity contribution in [3.05, 3.63) is 35.9 Å². The summed E-state index contributed by atoms with van der Waals surface area (Å²) in [4.78, 5) is 23.7. The molecular formula is C15H21NO4. The van der Waals surface area contributed by atoms with Crippen LogP contribution in [0.5, 0.6) is 0 Å². The number of rotatable bonds is 6. The summed E-state index contributed by atoms with van der Waals surface area (Å²) in [5, 5.41) is 12.8. The first-order valence-electron chi connectivity index (χ1n) is 6.67. The van der Waals surface area contributed by atoms with Crippen LogP contribution in [-0.2, 0) is 14.3 Å². The van der Waals surface area contributed by atoms with Gasteiger partial charge >= 0.3 is 5.97 Å². The highest BCUT2D eigenvalue weighted by atomic mass is 16.5. The number of amides is 1. The zero-order chi connectivity index (χ0) is 15.1. The topological polar surface area (TPSA) is 75.6 Å². The standard InChI is InChI=1S/C15H21NO4/c1-4-20-15(19)12(16-14(18)10(2)3)13(17)11-8-6-5-7-9-11/h5-10,12-13,17H,4H2,1-3H3,(H,16,18). The molecule has 0 spiro atoms. The molecule has 1 aromatic rings. The van der Waals surface area contributed by atoms with Crippen molar-refractivity contribution in [2.75, 3.05) is 6.61 Å². The average molecular weight is 279 g/mol. The van der Waals surface area contributed by atoms with E-state index in [9.17, 15) is 14.7 Å². The van der Waals surface area contributed by atoms with Crippen LogP contribution in [0, 0.1) is 5.92 Å². The second kappa shape index (κ2) is 7.65. The van der Waals surface area contributed by atoms with E-state index in [1.54, 1.807) is 45.0 Å². The Morgan fingerprint density at radius 2 is 1.85 bits per heavy atom. The van der Waals surface area contributed by atoms with Gasteiger partial charge in [-0.05, 0) is 12.5 Å². The minimum Gasteiger partial charge on any atom is -0.464 e. The Morgan fingerprint density at radius 1 is 1.25 bits per heavy atom. The summed E-state index contributed by atoms with van der Waals surface area (Å²) in [6.07, 6.45) is -1.14. The summed E-state index contributed by atoms with van der Waals surface area (Å²) in [7, 11) is 0. The third kappa shape index (κ3) is 4.35. The Hall–Kier alpha value is -1.88. The molecule has 0 aromatic heterocycles. The average Bonchev–Trinajstić information content (AvgIpc) is 2.44. The van der Waals surface area contributed by atoms with E-state index in [4.69, 9.17) is 4.74 Å². The van der Waals surface area contributed by atoms with Crippen LogP contribution < -0.4 is 5.32 Å². The second-order valence-electron chi connectivity index (χ2n) is 4.75. The van der Waals surface area contributed by atoms with Gasteiger partial charge in [0, 0.05) is 5.92 Å². The highest BCUT2D eigenvalue weighted by Crippen LogP contribution is 2.18. The first-order valence-corrected chi connectivity index (χ1v) is 6.67. The van der Waals surface area contributed by atoms with E-state index in [-0.39, 0.29) is 18.4 Å². The highest BCUT2D eigenvalue weighted by Gasteiger charge is 2.31. The number of nitrogens with one attached hydrogen (secondary N) is 1. The van der Waals surface area contributed by atoms with Gasteiger partial charge in [0.25, 0.3) is 0 Å². The molecule has 20 heavy (non-hydrogen) atoms. The molecule has 1 aromatic carbocycles. The predicted molar refractivity (Wildman–Crippen MR) is 74.8 cm³/mol. The zero-order valence-corrected chi connectivity index (χ0v) is 12.0. The van der Waals surface area contributed by atoms with Crippen LogP contribution in [0.2, 0.25) is 0 Å². The van der Waals surface area contributed by atoms with Crippen LogP contribution in [0.3, 0.4) is 0 Å². The normalized spacial score (nSPS) is 13.7. The Kier molecular flexibility index (Phi) is 6.18. The summed E-state index contributed by atoms with van der Waals surface area (Å²) >= 11 is 0. The van der Waals surface area contributed by atoms with Gasteiger partial charge in [0.2, 0.25) is 5.91 Å². The lowest BCUT2D eigenvalue weighted by Crippen LogP contribution is -2.47. The van der Waals surface area contributed by atoms with Crippen LogP contribution in [0.1, 0.15) is 32.4 Å². The Bertz CT molecular complexity index is 444. The van der Waals surface area contributed by atoms with E-state index < -0.39 is 18.1 Å². The fraction of sp³-hybridized carbons (Fsp3) is 0.467. The molecule has 0 radical (unpaired) electrons. The van der Waals surface area contributed by atoms with Crippen LogP contribution in [0.15, 0.2) is 30.3 Å². The van der Waals surface area contributed by atoms with E-state index in [2.05, 4.69) is 5.32 Å². The molecule has 0 saturated heterocycles. The van der Waals surface area contributed by atoms with Crippen molar-refractivity contribution in [3.8, 4) is 0 Å². The van der Waals surface area contributed by atoms with Gasteiger partial charge in [-0.25, -0.2) is 4.79 Å². The minimum atomic E-state index is -1.14. The molecule has 2 unspecified atom stereocenters. The molecule has 1 amide bonds. The zero-order valence-electron chi connectivity index (χ0n) is 12.0. The van der Waals surface area contributed by atoms with E-state index in [0.29, 0.717) is 5.56 Å². The predicted octanol–water partition coefficient (Wildman–Crippen LogP) is 1.42. The first-order chi connectivity index (χ1) is 9.47. The third-order valence-electron chi connectivity index (χ3n) is 2.82. The van der Waals surface area contributed by atoms with E-state index >= 15 is 0 Å². The first kappa shape index (κ1) is 16.2. The van der Waals surface area contributed by atoms with Gasteiger partial charge in [0.15, 0.2) is 6.04 Å². The minimum absolute atomic E-state index is 0.189. The number of hydrogen-bond acceptors (Lipinski definition) is 4. The molecule has 0 aliphatic heterocycles. The van der Waals surface area contributed by atoms with Crippen molar-refractivity contribution in [3.63, 3.8) is 0 Å². The van der Waals surface area contributed by atoms with Crippen molar-refractivity contribution in [2.45, 2.75) is 32.9 Å². The number of aliphatic hydroxyl groups is 1. The molecule has 0 aliphatic rings. The van der Waals surface area contributed by atoms with Gasteiger partial charge in [0.05, 0.1) is 6.61 Å². The summed E-state index contributed by atoms with van der Waals surface area (Å²) in [6.45, 7) is 5.29. The van der Waals surface area contributed by atoms with E-state index in [0.717, 1.165) is 0 Å². The number of esters is 1. The van der Waals surface area contributed by atoms with Crippen LogP contribution >= 0.6 is 0 Å². The van der Waals surface area contributed by atoms with Crippen molar-refractivity contribution in [1.29, 1.82) is 0 Å². The lowest BCUT2D eigenvalue weighted by Gasteiger charge is -2.23. The maximum absolute atomic E-state index is 11.9. The largest absolute Gasteiger partial charge is 0.464 e. The second-order valence-corrected chi connectivity index (χ2v) is 4.75. The third-order valence-corrected chi connectivity index (χ3v) is 2.82. The number of carbonyl (C=O) groups excluding carboxylic acids is 2. The Labute approximate surface area is 118 Å². The van der Waals surface area contributed by atoms with E-state index in [1.807, 2.05) is 6.07 Å². The smallest absolute Gasteiger partial charge is 0.331 e. The van der Waals surface area contributed by atoms with Crippen molar-refractivity contribution < 1.29 is 19.4 Å². The number of hydrogen-bond donors (Lipinski definition) is 2. The highest BCUT2D eigenvalue weighted by molar-refractivity contribution is 5.86. The van der Waals surface area contributed by atoms with Gasteiger partial charge in [-0.3, -0.25) is 4.79 Å². The Balaban J connectivity index is 2.92. The molecule has 0 saturated carbocycles. The monoisotopic (exact) mass is 279 g/mol. The number of benzene rings is 1. The lowest BCUT2D eigenvalue weighted by atomic mass is 10.0. The van der Waals surface area contributed by atoms with Crippen LogP contribution in [0.4, 0.5) is 0 Å². The quantitative estimate of drug-likeness (QED) is 0.772. The molecule has 5 nitrogen and oxygen atoms in total. The van der Waals surface area contributed by atoms with Gasteiger partial charge in [0.1, 0.15) is 6.10 Å². The van der Waals surface area contributed by atoms with Gasteiger partial charge in [-0.15, -0.1) is 0 Å². The fourth-order valence-corrected chi connectivity index (χ4v) is 1.66. The summed E-state index contributed by atoms with van der Waals surface area (Å²) in [6, 6.07) is 7.60. The molecule has 2 N–H and O–H groups in total. The molecule has 0 aliphatic carbocycles. The summed E-state index contributed by atoms with van der Waals surface area (Å²) in [5.74, 6) is -1.23. The fourth-order valence-electron chi connectivity index (χ4n) is 1.66. The number of aliphatic hydroxyl groups excluding tert-OH is 1. The van der Waals surface area contributed by atoms with Crippen molar-refractivity contribution in [1.82, 2.24) is 5.32 Å². The molecule has 0 heterocycles. The molecule has 0 fully saturated rings. The molecule has 2 atom stereocenters. The van der Waals surface area contributed by atoms with Gasteiger partial charge < -0.3 is 15.2 Å². The Morgan fingerprint density at radius 3 is 2.35 bits per heavy atom. The molecular weight excluding hydrogens is 258 g/mol. The summed E-state index contributed by atoms with van der Waals surface area (Å²) in [5.41, 5.74) is 0.551. The molecule has 5 heteroatoms. The van der Waals surface area contributed by atoms with Crippen molar-refractivity contribution >= 4 is 11.9 Å². The lowest BCUT2D eigenvalue weighted by molar-refractivity contribution is -0.151. The van der Waals surface area contributed by atoms with Crippen LogP contribution in [-0.4, -0.2) is 29.6 Å². The summed E-state index contributed by atoms with van der Waals surface area (Å²) < 4.78 is 4.91. The number of ether oxygens (including phenoxy) is 1. The maximum atomic E-state index is 11.9. The van der Waals surface area contributed by atoms with Gasteiger partial charge in [-0.2, -0.15) is 0 Å². The van der Waals surface area contributed by atoms with Crippen molar-refractivity contribution in [2.24, 2.45) is 5.92 Å². The SMILES string of the molecule is CCOC(=O)C(NC(=O)C(C)C)C(O)c1ccccc1. The molecule has 1 rings (SSSR count). The van der Waals surface area contributed by atoms with E-state index in [1.165, 1.54) is 0 Å². The number of carbonyl (C=O) groups is 2. The molecule has 0 bridgehead atoms. The maximum Gasteiger partial charge on any atom is 0.331 e. The van der Waals surface area contributed by atoms with Gasteiger partial charge in [-0.1, -0.05) is 44.2 Å². The molecule has 110 valence electrons.